The van der Waals surface area contributed by atoms with E-state index < -0.39 is 12.7 Å². The fraction of sp³-hybridized carbons (Fsp3) is 0.667. The van der Waals surface area contributed by atoms with Gasteiger partial charge in [0, 0.05) is 0 Å². The Morgan fingerprint density at radius 1 is 1.83 bits per heavy atom. The molecule has 0 aliphatic carbocycles. The normalized spacial score (nSPS) is 13.7. The molecule has 3 nitrogen and oxygen atoms in total. The van der Waals surface area contributed by atoms with Crippen LogP contribution in [0.15, 0.2) is 0 Å². The number of carbonyl (C=O) groups is 1. The minimum Gasteiger partial charge on any atom is -0.383 e. The first-order chi connectivity index (χ1) is 2.81. The maximum absolute atomic E-state index is 9.38. The minimum absolute atomic E-state index is 0.215. The summed E-state index contributed by atoms with van der Waals surface area (Å²) in [5, 5.41) is 17.4. The van der Waals surface area contributed by atoms with Gasteiger partial charge in [0.05, 0.1) is 0 Å². The topological polar surface area (TPSA) is 57.2 Å². The number of aliphatic hydroxyl groups excluding tert-OH is 1. The lowest BCUT2D eigenvalue weighted by atomic mass is 10.4. The molecule has 0 saturated heterocycles. The molecule has 1 atom stereocenters. The lowest BCUT2D eigenvalue weighted by Crippen LogP contribution is -2.11. The molecule has 35 valence electrons. The third-order valence-corrected chi connectivity index (χ3v) is 0.328. The summed E-state index contributed by atoms with van der Waals surface area (Å²) in [6.45, 7) is -0.733. The van der Waals surface area contributed by atoms with Crippen LogP contribution in [0.4, 0.5) is 0 Å². The predicted molar refractivity (Wildman–Crippen MR) is 17.6 cm³/mol. The molecule has 0 aromatic rings. The highest BCUT2D eigenvalue weighted by Crippen LogP contribution is 1.67. The smallest absolute Gasteiger partial charge is 0.150 e. The molecule has 1 unspecified atom stereocenters. The van der Waals surface area contributed by atoms with Gasteiger partial charge < -0.3 is 9.90 Å². The molecule has 0 aliphatic rings. The average molecular weight is 89.1 g/mol. The highest BCUT2D eigenvalue weighted by molar-refractivity contribution is 5.55. The molecular formula is C3H5O3. The highest BCUT2D eigenvalue weighted by atomic mass is 16.3. The quantitative estimate of drug-likeness (QED) is 0.440. The number of rotatable bonds is 2. The van der Waals surface area contributed by atoms with E-state index in [0.717, 1.165) is 0 Å². The molecule has 0 fully saturated rings. The van der Waals surface area contributed by atoms with Crippen LogP contribution in [0.2, 0.25) is 0 Å². The summed E-state index contributed by atoms with van der Waals surface area (Å²) >= 11 is 0. The van der Waals surface area contributed by atoms with Crippen LogP contribution in [0.3, 0.4) is 0 Å². The first-order valence-electron chi connectivity index (χ1n) is 1.52. The van der Waals surface area contributed by atoms with Gasteiger partial charge in [-0.1, -0.05) is 0 Å². The van der Waals surface area contributed by atoms with Gasteiger partial charge in [-0.3, -0.25) is 0 Å². The van der Waals surface area contributed by atoms with Gasteiger partial charge in [-0.05, 0) is 0 Å². The molecule has 0 aromatic heterocycles. The highest BCUT2D eigenvalue weighted by Gasteiger charge is 1.94. The molecule has 0 rings (SSSR count). The van der Waals surface area contributed by atoms with Crippen molar-refractivity contribution in [1.82, 2.24) is 0 Å². The van der Waals surface area contributed by atoms with Crippen molar-refractivity contribution in [2.75, 3.05) is 6.61 Å². The third-order valence-electron chi connectivity index (χ3n) is 0.328. The van der Waals surface area contributed by atoms with Crippen LogP contribution in [0.25, 0.3) is 0 Å². The van der Waals surface area contributed by atoms with Gasteiger partial charge in [-0.25, -0.2) is 5.11 Å². The van der Waals surface area contributed by atoms with E-state index in [1.54, 1.807) is 0 Å². The van der Waals surface area contributed by atoms with Crippen molar-refractivity contribution in [1.29, 1.82) is 0 Å². The molecule has 0 amide bonds. The Morgan fingerprint density at radius 3 is 2.33 bits per heavy atom. The fourth-order valence-electron chi connectivity index (χ4n) is 0.0393. The van der Waals surface area contributed by atoms with Crippen LogP contribution >= 0.6 is 0 Å². The van der Waals surface area contributed by atoms with E-state index >= 15 is 0 Å². The maximum Gasteiger partial charge on any atom is 0.150 e. The predicted octanol–water partition coefficient (Wildman–Crippen LogP) is -1.02. The Balaban J connectivity index is 2.96. The second-order valence-corrected chi connectivity index (χ2v) is 0.870. The van der Waals surface area contributed by atoms with E-state index in [1.165, 1.54) is 0 Å². The van der Waals surface area contributed by atoms with Crippen LogP contribution in [0.5, 0.6) is 0 Å². The lowest BCUT2D eigenvalue weighted by molar-refractivity contribution is -0.117. The Bertz CT molecular complexity index is 43.3. The third kappa shape index (κ3) is 1.87. The van der Waals surface area contributed by atoms with Gasteiger partial charge in [0.25, 0.3) is 0 Å². The van der Waals surface area contributed by atoms with Gasteiger partial charge in [-0.15, -0.1) is 0 Å². The molecule has 1 N–H and O–H groups in total. The van der Waals surface area contributed by atoms with Crippen molar-refractivity contribution in [2.24, 2.45) is 0 Å². The van der Waals surface area contributed by atoms with Gasteiger partial charge in [-0.2, -0.15) is 0 Å². The molecule has 3 heteroatoms. The van der Waals surface area contributed by atoms with E-state index in [9.17, 15) is 9.90 Å². The van der Waals surface area contributed by atoms with E-state index in [1.807, 2.05) is 0 Å². The monoisotopic (exact) mass is 89.0 g/mol. The van der Waals surface area contributed by atoms with Crippen molar-refractivity contribution in [3.05, 3.63) is 0 Å². The number of aldehydes is 1. The summed E-state index contributed by atoms with van der Waals surface area (Å²) in [6, 6.07) is 0. The molecule has 0 heterocycles. The molecule has 0 bridgehead atoms. The molecule has 0 spiro atoms. The molecule has 0 aromatic carbocycles. The summed E-state index contributed by atoms with van der Waals surface area (Å²) in [6.07, 6.45) is -1.09. The maximum atomic E-state index is 9.38. The number of carbonyl (C=O) groups excluding carboxylic acids is 1. The van der Waals surface area contributed by atoms with Crippen molar-refractivity contribution in [3.8, 4) is 0 Å². The summed E-state index contributed by atoms with van der Waals surface area (Å²) in [5.41, 5.74) is 0. The Hall–Kier alpha value is -0.410. The van der Waals surface area contributed by atoms with Gasteiger partial charge in [0.1, 0.15) is 12.7 Å². The SMILES string of the molecule is [O]CC(O)C=O. The number of hydrogen-bond acceptors (Lipinski definition) is 2. The second kappa shape index (κ2) is 2.81. The van der Waals surface area contributed by atoms with Crippen molar-refractivity contribution < 1.29 is 15.0 Å². The second-order valence-electron chi connectivity index (χ2n) is 0.870. The van der Waals surface area contributed by atoms with Gasteiger partial charge >= 0.3 is 0 Å². The Labute approximate surface area is 35.2 Å². The summed E-state index contributed by atoms with van der Waals surface area (Å²) in [5.74, 6) is 0. The fourth-order valence-corrected chi connectivity index (χ4v) is 0.0393. The van der Waals surface area contributed by atoms with Crippen molar-refractivity contribution >= 4 is 6.29 Å². The Kier molecular flexibility index (Phi) is 2.62. The molecule has 0 saturated carbocycles. The van der Waals surface area contributed by atoms with Crippen molar-refractivity contribution in [2.45, 2.75) is 6.10 Å². The molecule has 0 aliphatic heterocycles. The van der Waals surface area contributed by atoms with E-state index in [4.69, 9.17) is 5.11 Å². The van der Waals surface area contributed by atoms with Crippen LogP contribution < -0.4 is 0 Å². The van der Waals surface area contributed by atoms with Gasteiger partial charge in [0.15, 0.2) is 6.29 Å². The Morgan fingerprint density at radius 2 is 2.33 bits per heavy atom. The van der Waals surface area contributed by atoms with Crippen molar-refractivity contribution in [3.63, 3.8) is 0 Å². The van der Waals surface area contributed by atoms with Crippen LogP contribution in [-0.2, 0) is 9.90 Å². The molecular weight excluding hydrogens is 84.0 g/mol. The molecule has 1 radical (unpaired) electrons. The number of aliphatic hydroxyl groups is 1. The summed E-state index contributed by atoms with van der Waals surface area (Å²) < 4.78 is 0. The van der Waals surface area contributed by atoms with Crippen LogP contribution in [0, 0.1) is 0 Å². The van der Waals surface area contributed by atoms with Crippen LogP contribution in [-0.4, -0.2) is 24.1 Å². The van der Waals surface area contributed by atoms with Gasteiger partial charge in [0.2, 0.25) is 0 Å². The summed E-state index contributed by atoms with van der Waals surface area (Å²) in [7, 11) is 0. The number of hydrogen-bond donors (Lipinski definition) is 1. The zero-order chi connectivity index (χ0) is 4.99. The minimum atomic E-state index is -1.30. The zero-order valence-corrected chi connectivity index (χ0v) is 3.13. The zero-order valence-electron chi connectivity index (χ0n) is 3.13. The average Bonchev–Trinajstić information content (AvgIpc) is 1.65. The van der Waals surface area contributed by atoms with E-state index in [-0.39, 0.29) is 6.29 Å². The largest absolute Gasteiger partial charge is 0.383 e. The first kappa shape index (κ1) is 5.59. The lowest BCUT2D eigenvalue weighted by Gasteiger charge is -1.86. The first-order valence-corrected chi connectivity index (χ1v) is 1.52. The summed E-state index contributed by atoms with van der Waals surface area (Å²) in [4.78, 5) is 9.29. The standard InChI is InChI=1S/C3H5O3/c4-1-3(6)2-5/h1,3,6H,2H2. The van der Waals surface area contributed by atoms with E-state index in [0.29, 0.717) is 0 Å². The van der Waals surface area contributed by atoms with E-state index in [2.05, 4.69) is 0 Å². The van der Waals surface area contributed by atoms with Crippen LogP contribution in [0.1, 0.15) is 0 Å². The molecule has 6 heavy (non-hydrogen) atoms.